The van der Waals surface area contributed by atoms with E-state index in [1.54, 1.807) is 0 Å². The molecule has 0 aliphatic carbocycles. The topological polar surface area (TPSA) is 40.5 Å². The molecule has 4 aromatic carbocycles. The molecular formula is C35H40FO2P. The van der Waals surface area contributed by atoms with Gasteiger partial charge in [0.1, 0.15) is 11.6 Å². The van der Waals surface area contributed by atoms with Crippen LogP contribution in [0.15, 0.2) is 91.0 Å². The van der Waals surface area contributed by atoms with Crippen LogP contribution in [0, 0.1) is 5.82 Å². The zero-order valence-corrected chi connectivity index (χ0v) is 24.1. The molecule has 0 fully saturated rings. The van der Waals surface area contributed by atoms with Crippen molar-refractivity contribution in [2.24, 2.45) is 0 Å². The van der Waals surface area contributed by atoms with Crippen LogP contribution < -0.4 is 5.30 Å². The predicted molar refractivity (Wildman–Crippen MR) is 163 cm³/mol. The standard InChI is InChI=1S/C35H40FO2P/c1-3-5-12-19-35(4-2,39-33-18-17-31(36)24-30(33)25-37)32-23-28(20-26-13-8-6-9-14-26)22-29(34(32)38)21-27-15-10-7-11-16-27/h6-11,13-18,22-24,37-39H,3-5,12,19-21,25H2,1-2H3. The number of phenols is 1. The first-order chi connectivity index (χ1) is 19.0. The fourth-order valence-corrected chi connectivity index (χ4v) is 7.28. The smallest absolute Gasteiger partial charge is 0.123 e. The Balaban J connectivity index is 1.86. The Morgan fingerprint density at radius 1 is 0.744 bits per heavy atom. The molecule has 0 aliphatic rings. The average molecular weight is 543 g/mol. The fourth-order valence-electron chi connectivity index (χ4n) is 5.48. The number of aromatic hydroxyl groups is 1. The highest BCUT2D eigenvalue weighted by molar-refractivity contribution is 7.48. The van der Waals surface area contributed by atoms with E-state index in [0.29, 0.717) is 26.3 Å². The summed E-state index contributed by atoms with van der Waals surface area (Å²) in [6.07, 6.45) is 6.47. The highest BCUT2D eigenvalue weighted by Crippen LogP contribution is 2.52. The van der Waals surface area contributed by atoms with Crippen LogP contribution >= 0.6 is 8.58 Å². The second kappa shape index (κ2) is 13.9. The van der Waals surface area contributed by atoms with E-state index in [2.05, 4.69) is 62.4 Å². The Hall–Kier alpha value is -3.00. The maximum atomic E-state index is 14.1. The molecule has 0 spiro atoms. The van der Waals surface area contributed by atoms with Crippen LogP contribution in [0.3, 0.4) is 0 Å². The largest absolute Gasteiger partial charge is 0.507 e. The molecule has 4 rings (SSSR count). The molecule has 2 nitrogen and oxygen atoms in total. The molecule has 0 heterocycles. The average Bonchev–Trinajstić information content (AvgIpc) is 2.96. The number of rotatable bonds is 13. The number of hydrogen-bond donors (Lipinski definition) is 2. The molecule has 0 saturated heterocycles. The summed E-state index contributed by atoms with van der Waals surface area (Å²) in [7, 11) is 0.295. The molecule has 4 heteroatoms. The minimum absolute atomic E-state index is 0.200. The minimum Gasteiger partial charge on any atom is -0.507 e. The molecule has 2 N–H and O–H groups in total. The Morgan fingerprint density at radius 3 is 2.03 bits per heavy atom. The summed E-state index contributed by atoms with van der Waals surface area (Å²) in [6.45, 7) is 4.20. The number of hydrogen-bond acceptors (Lipinski definition) is 2. The number of aliphatic hydroxyl groups is 1. The van der Waals surface area contributed by atoms with Gasteiger partial charge in [0.25, 0.3) is 0 Å². The van der Waals surface area contributed by atoms with E-state index in [-0.39, 0.29) is 17.6 Å². The van der Waals surface area contributed by atoms with E-state index in [9.17, 15) is 14.6 Å². The first-order valence-electron chi connectivity index (χ1n) is 14.1. The van der Waals surface area contributed by atoms with E-state index < -0.39 is 0 Å². The summed E-state index contributed by atoms with van der Waals surface area (Å²) in [6, 6.07) is 29.9. The molecule has 39 heavy (non-hydrogen) atoms. The van der Waals surface area contributed by atoms with Crippen molar-refractivity contribution in [1.82, 2.24) is 0 Å². The number of halogens is 1. The van der Waals surface area contributed by atoms with Crippen molar-refractivity contribution < 1.29 is 14.6 Å². The van der Waals surface area contributed by atoms with E-state index in [0.717, 1.165) is 60.5 Å². The molecule has 0 aliphatic heterocycles. The first kappa shape index (κ1) is 29.0. The summed E-state index contributed by atoms with van der Waals surface area (Å²) < 4.78 is 14.1. The lowest BCUT2D eigenvalue weighted by molar-refractivity contribution is 0.282. The summed E-state index contributed by atoms with van der Waals surface area (Å²) in [5.41, 5.74) is 6.12. The van der Waals surface area contributed by atoms with Gasteiger partial charge in [-0.15, -0.1) is 0 Å². The van der Waals surface area contributed by atoms with Gasteiger partial charge < -0.3 is 10.2 Å². The lowest BCUT2D eigenvalue weighted by Gasteiger charge is -2.36. The van der Waals surface area contributed by atoms with Gasteiger partial charge in [-0.3, -0.25) is 0 Å². The predicted octanol–water partition coefficient (Wildman–Crippen LogP) is 8.39. The molecule has 204 valence electrons. The number of benzene rings is 4. The van der Waals surface area contributed by atoms with Gasteiger partial charge >= 0.3 is 0 Å². The summed E-state index contributed by atoms with van der Waals surface area (Å²) in [5.74, 6) is 0.0349. The third-order valence-electron chi connectivity index (χ3n) is 7.67. The molecular weight excluding hydrogens is 502 g/mol. The summed E-state index contributed by atoms with van der Waals surface area (Å²) in [4.78, 5) is 0. The minimum atomic E-state index is -0.335. The van der Waals surface area contributed by atoms with E-state index in [4.69, 9.17) is 0 Å². The zero-order valence-electron chi connectivity index (χ0n) is 23.1. The van der Waals surface area contributed by atoms with Gasteiger partial charge in [-0.1, -0.05) is 121 Å². The van der Waals surface area contributed by atoms with E-state index in [1.807, 2.05) is 30.3 Å². The zero-order chi connectivity index (χ0) is 27.7. The van der Waals surface area contributed by atoms with Crippen molar-refractivity contribution >= 4 is 13.9 Å². The van der Waals surface area contributed by atoms with E-state index in [1.165, 1.54) is 23.3 Å². The summed E-state index contributed by atoms with van der Waals surface area (Å²) >= 11 is 0. The molecule has 0 saturated carbocycles. The second-order valence-corrected chi connectivity index (χ2v) is 12.2. The highest BCUT2D eigenvalue weighted by atomic mass is 31.1. The van der Waals surface area contributed by atoms with Crippen molar-refractivity contribution in [3.63, 3.8) is 0 Å². The van der Waals surface area contributed by atoms with Gasteiger partial charge in [0, 0.05) is 17.1 Å². The maximum absolute atomic E-state index is 14.1. The fraction of sp³-hybridized carbons (Fsp3) is 0.314. The van der Waals surface area contributed by atoms with Crippen LogP contribution in [-0.4, -0.2) is 10.2 Å². The van der Waals surface area contributed by atoms with Gasteiger partial charge in [0.2, 0.25) is 0 Å². The molecule has 2 atom stereocenters. The van der Waals surface area contributed by atoms with Crippen LogP contribution in [0.25, 0.3) is 0 Å². The Kier molecular flexibility index (Phi) is 10.3. The van der Waals surface area contributed by atoms with Crippen molar-refractivity contribution in [3.8, 4) is 5.75 Å². The van der Waals surface area contributed by atoms with Gasteiger partial charge in [-0.05, 0) is 64.5 Å². The number of unbranched alkanes of at least 4 members (excludes halogenated alkanes) is 2. The van der Waals surface area contributed by atoms with Gasteiger partial charge in [0.05, 0.1) is 6.61 Å². The van der Waals surface area contributed by atoms with Gasteiger partial charge in [0.15, 0.2) is 0 Å². The molecule has 0 amide bonds. The van der Waals surface area contributed by atoms with Crippen molar-refractivity contribution in [3.05, 3.63) is 130 Å². The van der Waals surface area contributed by atoms with Crippen LogP contribution in [0.2, 0.25) is 0 Å². The van der Waals surface area contributed by atoms with Crippen molar-refractivity contribution in [1.29, 1.82) is 0 Å². The lowest BCUT2D eigenvalue weighted by atomic mass is 9.85. The van der Waals surface area contributed by atoms with Crippen molar-refractivity contribution in [2.75, 3.05) is 0 Å². The lowest BCUT2D eigenvalue weighted by Crippen LogP contribution is -2.25. The monoisotopic (exact) mass is 542 g/mol. The quantitative estimate of drug-likeness (QED) is 0.132. The van der Waals surface area contributed by atoms with Crippen LogP contribution in [-0.2, 0) is 24.6 Å². The normalized spacial score (nSPS) is 13.1. The Labute approximate surface area is 234 Å². The molecule has 0 aromatic heterocycles. The third kappa shape index (κ3) is 7.35. The SMILES string of the molecule is CCCCCC(CC)(Pc1ccc(F)cc1CO)c1cc(Cc2ccccc2)cc(Cc2ccccc2)c1O. The van der Waals surface area contributed by atoms with Crippen LogP contribution in [0.5, 0.6) is 5.75 Å². The molecule has 2 unspecified atom stereocenters. The van der Waals surface area contributed by atoms with Gasteiger partial charge in [-0.2, -0.15) is 0 Å². The van der Waals surface area contributed by atoms with Crippen LogP contribution in [0.4, 0.5) is 4.39 Å². The Bertz CT molecular complexity index is 1340. The van der Waals surface area contributed by atoms with Crippen molar-refractivity contribution in [2.45, 2.75) is 70.6 Å². The third-order valence-corrected chi connectivity index (χ3v) is 9.78. The van der Waals surface area contributed by atoms with Crippen LogP contribution in [0.1, 0.15) is 79.3 Å². The Morgan fingerprint density at radius 2 is 1.41 bits per heavy atom. The van der Waals surface area contributed by atoms with E-state index >= 15 is 0 Å². The first-order valence-corrected chi connectivity index (χ1v) is 15.1. The molecule has 0 radical (unpaired) electrons. The number of aliphatic hydroxyl groups excluding tert-OH is 1. The second-order valence-electron chi connectivity index (χ2n) is 10.5. The molecule has 4 aromatic rings. The maximum Gasteiger partial charge on any atom is 0.123 e. The van der Waals surface area contributed by atoms with Gasteiger partial charge in [-0.25, -0.2) is 4.39 Å². The molecule has 0 bridgehead atoms. The summed E-state index contributed by atoms with van der Waals surface area (Å²) in [5, 5.41) is 22.6. The highest BCUT2D eigenvalue weighted by Gasteiger charge is 2.35. The number of phenolic OH excluding ortho intramolecular Hbond substituents is 1.